The summed E-state index contributed by atoms with van der Waals surface area (Å²) in [7, 11) is 1.31. The van der Waals surface area contributed by atoms with Crippen LogP contribution in [0.15, 0.2) is 40.0 Å². The number of carbonyl (C=O) groups excluding carboxylic acids is 1. The molecule has 0 radical (unpaired) electrons. The quantitative estimate of drug-likeness (QED) is 0.485. The number of hydrogen-bond acceptors (Lipinski definition) is 7. The molecule has 0 bridgehead atoms. The summed E-state index contributed by atoms with van der Waals surface area (Å²) >= 11 is 0. The van der Waals surface area contributed by atoms with Crippen molar-refractivity contribution in [2.24, 2.45) is 10.7 Å². The van der Waals surface area contributed by atoms with E-state index in [0.717, 1.165) is 32.1 Å². The molecule has 1 saturated heterocycles. The molecule has 2 aromatic rings. The molecule has 3 heterocycles. The van der Waals surface area contributed by atoms with Gasteiger partial charge in [0.2, 0.25) is 11.7 Å². The van der Waals surface area contributed by atoms with Crippen molar-refractivity contribution >= 4 is 17.9 Å². The van der Waals surface area contributed by atoms with Crippen LogP contribution in [0.2, 0.25) is 0 Å². The molecule has 1 aliphatic heterocycles. The number of carbonyl (C=O) groups is 1. The highest BCUT2D eigenvalue weighted by Crippen LogP contribution is 2.12. The van der Waals surface area contributed by atoms with E-state index in [4.69, 9.17) is 10.2 Å². The molecule has 3 rings (SSSR count). The summed E-state index contributed by atoms with van der Waals surface area (Å²) in [6.07, 6.45) is 3.47. The van der Waals surface area contributed by atoms with Gasteiger partial charge in [-0.25, -0.2) is 19.8 Å². The van der Waals surface area contributed by atoms with Crippen LogP contribution in [-0.4, -0.2) is 60.1 Å². The first-order valence-corrected chi connectivity index (χ1v) is 7.91. The first-order valence-electron chi connectivity index (χ1n) is 7.91. The van der Waals surface area contributed by atoms with Gasteiger partial charge in [0, 0.05) is 38.6 Å². The van der Waals surface area contributed by atoms with Crippen LogP contribution in [0.5, 0.6) is 0 Å². The number of esters is 1. The van der Waals surface area contributed by atoms with E-state index in [-0.39, 0.29) is 12.3 Å². The Morgan fingerprint density at radius 3 is 2.68 bits per heavy atom. The van der Waals surface area contributed by atoms with Gasteiger partial charge in [-0.3, -0.25) is 0 Å². The second kappa shape index (κ2) is 7.65. The highest BCUT2D eigenvalue weighted by Gasteiger charge is 2.20. The average molecular weight is 344 g/mol. The number of nitrogens with zero attached hydrogens (tertiary/aromatic N) is 5. The summed E-state index contributed by atoms with van der Waals surface area (Å²) in [5, 5.41) is 0. The number of guanidine groups is 1. The zero-order valence-corrected chi connectivity index (χ0v) is 14.0. The third kappa shape index (κ3) is 4.06. The molecule has 0 aromatic carbocycles. The van der Waals surface area contributed by atoms with Crippen molar-refractivity contribution in [3.63, 3.8) is 0 Å². The lowest BCUT2D eigenvalue weighted by Crippen LogP contribution is -2.51. The number of furan rings is 1. The smallest absolute Gasteiger partial charge is 0.373 e. The van der Waals surface area contributed by atoms with E-state index in [0.29, 0.717) is 11.7 Å². The normalized spacial score (nSPS) is 15.3. The third-order valence-electron chi connectivity index (χ3n) is 3.88. The Bertz CT molecular complexity index is 737. The summed E-state index contributed by atoms with van der Waals surface area (Å²) < 4.78 is 9.97. The van der Waals surface area contributed by atoms with Gasteiger partial charge in [-0.05, 0) is 18.2 Å². The van der Waals surface area contributed by atoms with Gasteiger partial charge in [-0.15, -0.1) is 0 Å². The molecule has 0 amide bonds. The van der Waals surface area contributed by atoms with Crippen LogP contribution in [0.25, 0.3) is 0 Å². The van der Waals surface area contributed by atoms with Crippen LogP contribution < -0.4 is 10.6 Å². The molecule has 0 spiro atoms. The lowest BCUT2D eigenvalue weighted by molar-refractivity contribution is 0.0563. The lowest BCUT2D eigenvalue weighted by Gasteiger charge is -2.35. The number of piperazine rings is 1. The van der Waals surface area contributed by atoms with E-state index in [1.807, 2.05) is 4.90 Å². The van der Waals surface area contributed by atoms with Crippen molar-refractivity contribution in [2.75, 3.05) is 38.2 Å². The van der Waals surface area contributed by atoms with Crippen LogP contribution in [0.3, 0.4) is 0 Å². The van der Waals surface area contributed by atoms with Crippen LogP contribution in [0.4, 0.5) is 5.95 Å². The second-order valence-electron chi connectivity index (χ2n) is 5.45. The minimum atomic E-state index is -0.512. The van der Waals surface area contributed by atoms with Crippen LogP contribution >= 0.6 is 0 Å². The first kappa shape index (κ1) is 16.7. The van der Waals surface area contributed by atoms with Gasteiger partial charge in [0.25, 0.3) is 0 Å². The Morgan fingerprint density at radius 1 is 1.28 bits per heavy atom. The van der Waals surface area contributed by atoms with E-state index in [9.17, 15) is 4.79 Å². The monoisotopic (exact) mass is 344 g/mol. The third-order valence-corrected chi connectivity index (χ3v) is 3.88. The van der Waals surface area contributed by atoms with Crippen molar-refractivity contribution in [3.8, 4) is 0 Å². The van der Waals surface area contributed by atoms with E-state index < -0.39 is 5.97 Å². The van der Waals surface area contributed by atoms with Gasteiger partial charge in [0.15, 0.2) is 5.96 Å². The highest BCUT2D eigenvalue weighted by molar-refractivity contribution is 5.86. The number of ether oxygens (including phenoxy) is 1. The maximum Gasteiger partial charge on any atom is 0.373 e. The Balaban J connectivity index is 1.53. The molecule has 2 N–H and O–H groups in total. The van der Waals surface area contributed by atoms with Crippen molar-refractivity contribution in [2.45, 2.75) is 6.54 Å². The minimum absolute atomic E-state index is 0.155. The number of rotatable bonds is 4. The van der Waals surface area contributed by atoms with Crippen LogP contribution in [0.1, 0.15) is 16.3 Å². The van der Waals surface area contributed by atoms with Crippen molar-refractivity contribution in [3.05, 3.63) is 42.1 Å². The first-order chi connectivity index (χ1) is 12.2. The van der Waals surface area contributed by atoms with Crippen molar-refractivity contribution in [1.29, 1.82) is 0 Å². The number of nitrogens with two attached hydrogens (primary N) is 1. The second-order valence-corrected chi connectivity index (χ2v) is 5.45. The predicted molar refractivity (Wildman–Crippen MR) is 91.2 cm³/mol. The molecule has 1 aliphatic rings. The maximum atomic E-state index is 11.4. The van der Waals surface area contributed by atoms with Gasteiger partial charge in [0.05, 0.1) is 7.11 Å². The molecule has 0 unspecified atom stereocenters. The Kier molecular flexibility index (Phi) is 5.12. The average Bonchev–Trinajstić information content (AvgIpc) is 3.15. The molecule has 2 aromatic heterocycles. The fourth-order valence-corrected chi connectivity index (χ4v) is 2.52. The summed E-state index contributed by atoms with van der Waals surface area (Å²) in [6.45, 7) is 3.28. The number of hydrogen-bond donors (Lipinski definition) is 1. The van der Waals surface area contributed by atoms with Gasteiger partial charge < -0.3 is 24.7 Å². The number of aromatic nitrogens is 2. The topological polar surface area (TPSA) is 110 Å². The molecule has 0 saturated carbocycles. The van der Waals surface area contributed by atoms with E-state index in [1.165, 1.54) is 7.11 Å². The Morgan fingerprint density at radius 2 is 2.00 bits per heavy atom. The number of methoxy groups -OCH3 is 1. The van der Waals surface area contributed by atoms with Gasteiger partial charge in [-0.1, -0.05) is 0 Å². The molecule has 0 atom stereocenters. The van der Waals surface area contributed by atoms with Crippen molar-refractivity contribution < 1.29 is 13.9 Å². The lowest BCUT2D eigenvalue weighted by atomic mass is 10.3. The van der Waals surface area contributed by atoms with Crippen LogP contribution in [-0.2, 0) is 11.3 Å². The molecular weight excluding hydrogens is 324 g/mol. The number of aliphatic imine (C=N–C) groups is 1. The van der Waals surface area contributed by atoms with Gasteiger partial charge in [0.1, 0.15) is 12.3 Å². The van der Waals surface area contributed by atoms with Gasteiger partial charge in [-0.2, -0.15) is 0 Å². The van der Waals surface area contributed by atoms with E-state index in [1.54, 1.807) is 30.6 Å². The van der Waals surface area contributed by atoms with E-state index >= 15 is 0 Å². The number of anilines is 1. The summed E-state index contributed by atoms with van der Waals surface area (Å²) in [4.78, 5) is 28.3. The highest BCUT2D eigenvalue weighted by atomic mass is 16.5. The maximum absolute atomic E-state index is 11.4. The Labute approximate surface area is 145 Å². The fraction of sp³-hybridized carbons (Fsp3) is 0.375. The molecule has 9 heteroatoms. The summed E-state index contributed by atoms with van der Waals surface area (Å²) in [5.41, 5.74) is 6.07. The van der Waals surface area contributed by atoms with Crippen LogP contribution in [0, 0.1) is 0 Å². The predicted octanol–water partition coefficient (Wildman–Crippen LogP) is 0.493. The summed E-state index contributed by atoms with van der Waals surface area (Å²) in [6, 6.07) is 5.05. The van der Waals surface area contributed by atoms with Crippen molar-refractivity contribution in [1.82, 2.24) is 14.9 Å². The molecule has 1 fully saturated rings. The molecule has 9 nitrogen and oxygen atoms in total. The standard InChI is InChI=1S/C16H20N6O3/c1-24-14(23)13-4-3-12(25-13)11-20-15(17)21-7-9-22(10-8-21)16-18-5-2-6-19-16/h2-6H,7-11H2,1H3,(H2,17,20). The zero-order valence-electron chi connectivity index (χ0n) is 14.0. The van der Waals surface area contributed by atoms with E-state index in [2.05, 4.69) is 24.6 Å². The molecule has 132 valence electrons. The van der Waals surface area contributed by atoms with Gasteiger partial charge >= 0.3 is 5.97 Å². The SMILES string of the molecule is COC(=O)c1ccc(CN=C(N)N2CCN(c3ncccn3)CC2)o1. The largest absolute Gasteiger partial charge is 0.463 e. The Hall–Kier alpha value is -3.10. The minimum Gasteiger partial charge on any atom is -0.463 e. The zero-order chi connectivity index (χ0) is 17.6. The molecular formula is C16H20N6O3. The summed E-state index contributed by atoms with van der Waals surface area (Å²) in [5.74, 6) is 1.37. The molecule has 25 heavy (non-hydrogen) atoms. The molecule has 0 aliphatic carbocycles. The fourth-order valence-electron chi connectivity index (χ4n) is 2.52.